The van der Waals surface area contributed by atoms with Crippen molar-refractivity contribution in [2.24, 2.45) is 16.3 Å². The maximum atomic E-state index is 16.1. The lowest BCUT2D eigenvalue weighted by Crippen LogP contribution is -2.47. The van der Waals surface area contributed by atoms with Crippen LogP contribution in [0.25, 0.3) is 0 Å². The number of rotatable bonds is 12. The molecular formula is C36H41Cl2F2N3O6. The fourth-order valence-electron chi connectivity index (χ4n) is 6.43. The van der Waals surface area contributed by atoms with Gasteiger partial charge in [0, 0.05) is 41.7 Å². The number of methoxy groups -OCH3 is 1. The molecule has 0 aromatic heterocycles. The number of ether oxygens (including phenoxy) is 2. The summed E-state index contributed by atoms with van der Waals surface area (Å²) in [5.41, 5.74) is -1.18. The predicted molar refractivity (Wildman–Crippen MR) is 186 cm³/mol. The number of hydrogen-bond donors (Lipinski definition) is 4. The quantitative estimate of drug-likeness (QED) is 0.130. The zero-order chi connectivity index (χ0) is 36.1. The summed E-state index contributed by atoms with van der Waals surface area (Å²) in [5.74, 6) is -4.28. The zero-order valence-electron chi connectivity index (χ0n) is 27.9. The average molecular weight is 721 g/mol. The first-order valence-corrected chi connectivity index (χ1v) is 16.4. The molecule has 9 nitrogen and oxygen atoms in total. The number of benzene rings is 3. The Morgan fingerprint density at radius 1 is 1.10 bits per heavy atom. The van der Waals surface area contributed by atoms with Crippen molar-refractivity contribution in [2.75, 3.05) is 39.3 Å². The molecule has 49 heavy (non-hydrogen) atoms. The van der Waals surface area contributed by atoms with Gasteiger partial charge in [-0.1, -0.05) is 62.2 Å². The average Bonchev–Trinajstić information content (AvgIpc) is 3.35. The predicted octanol–water partition coefficient (Wildman–Crippen LogP) is 6.18. The van der Waals surface area contributed by atoms with Gasteiger partial charge in [0.1, 0.15) is 17.4 Å². The van der Waals surface area contributed by atoms with Gasteiger partial charge in [0.2, 0.25) is 5.91 Å². The number of carbonyl (C=O) groups is 2. The number of aliphatic hydroxyl groups is 2. The third-order valence-corrected chi connectivity index (χ3v) is 9.15. The number of hydrogen-bond acceptors (Lipinski definition) is 8. The summed E-state index contributed by atoms with van der Waals surface area (Å²) in [4.78, 5) is 31.5. The summed E-state index contributed by atoms with van der Waals surface area (Å²) in [5, 5.41) is 24.8. The summed E-state index contributed by atoms with van der Waals surface area (Å²) in [7, 11) is 2.89. The molecule has 1 amide bonds. The highest BCUT2D eigenvalue weighted by Gasteiger charge is 2.59. The van der Waals surface area contributed by atoms with Gasteiger partial charge >= 0.3 is 5.97 Å². The zero-order valence-corrected chi connectivity index (χ0v) is 29.4. The minimum atomic E-state index is -1.40. The Morgan fingerprint density at radius 2 is 1.82 bits per heavy atom. The van der Waals surface area contributed by atoms with Crippen LogP contribution in [0.4, 0.5) is 14.5 Å². The van der Waals surface area contributed by atoms with E-state index >= 15 is 8.78 Å². The topological polar surface area (TPSA) is 129 Å². The molecular weight excluding hydrogens is 679 g/mol. The number of nitrogens with zero attached hydrogens (tertiary/aromatic N) is 1. The Balaban J connectivity index is 1.84. The van der Waals surface area contributed by atoms with Crippen molar-refractivity contribution >= 4 is 47.0 Å². The molecule has 0 spiro atoms. The minimum Gasteiger partial charge on any atom is -0.495 e. The highest BCUT2D eigenvalue weighted by Crippen LogP contribution is 2.52. The molecule has 1 aliphatic heterocycles. The fraction of sp³-hybridized carbons (Fsp3) is 0.417. The normalized spacial score (nSPS) is 20.9. The van der Waals surface area contributed by atoms with Gasteiger partial charge in [0.15, 0.2) is 0 Å². The van der Waals surface area contributed by atoms with Crippen LogP contribution in [0.2, 0.25) is 10.0 Å². The van der Waals surface area contributed by atoms with Crippen LogP contribution in [-0.2, 0) is 14.9 Å². The first-order valence-electron chi connectivity index (χ1n) is 15.7. The van der Waals surface area contributed by atoms with E-state index in [0.717, 1.165) is 0 Å². The van der Waals surface area contributed by atoms with Crippen LogP contribution in [0, 0.1) is 23.0 Å². The number of anilines is 1. The summed E-state index contributed by atoms with van der Waals surface area (Å²) in [6.45, 7) is 5.10. The number of esters is 1. The molecule has 3 aromatic rings. The maximum Gasteiger partial charge on any atom is 0.338 e. The van der Waals surface area contributed by atoms with Gasteiger partial charge in [0.25, 0.3) is 0 Å². The van der Waals surface area contributed by atoms with Gasteiger partial charge in [-0.25, -0.2) is 13.6 Å². The Morgan fingerprint density at radius 3 is 2.43 bits per heavy atom. The van der Waals surface area contributed by atoms with Crippen molar-refractivity contribution in [1.29, 1.82) is 0 Å². The van der Waals surface area contributed by atoms with E-state index in [1.165, 1.54) is 56.6 Å². The van der Waals surface area contributed by atoms with E-state index in [2.05, 4.69) is 15.6 Å². The molecule has 0 bridgehead atoms. The third kappa shape index (κ3) is 8.24. The molecule has 1 heterocycles. The van der Waals surface area contributed by atoms with Crippen LogP contribution in [0.15, 0.2) is 59.6 Å². The molecule has 13 heteroatoms. The van der Waals surface area contributed by atoms with E-state index in [9.17, 15) is 19.8 Å². The summed E-state index contributed by atoms with van der Waals surface area (Å²) < 4.78 is 42.9. The van der Waals surface area contributed by atoms with Crippen LogP contribution >= 0.6 is 23.2 Å². The van der Waals surface area contributed by atoms with Crippen LogP contribution in [0.3, 0.4) is 0 Å². The highest BCUT2D eigenvalue weighted by molar-refractivity contribution is 6.31. The van der Waals surface area contributed by atoms with Crippen molar-refractivity contribution < 1.29 is 38.1 Å². The summed E-state index contributed by atoms with van der Waals surface area (Å²) in [6.07, 6.45) is 2.00. The lowest BCUT2D eigenvalue weighted by atomic mass is 9.62. The summed E-state index contributed by atoms with van der Waals surface area (Å²) in [6, 6.07) is 11.2. The number of halogens is 4. The Labute approximate surface area is 294 Å². The van der Waals surface area contributed by atoms with Gasteiger partial charge in [-0.3, -0.25) is 9.79 Å². The van der Waals surface area contributed by atoms with Crippen LogP contribution < -0.4 is 15.4 Å². The van der Waals surface area contributed by atoms with Gasteiger partial charge in [-0.05, 0) is 53.8 Å². The molecule has 264 valence electrons. The molecule has 4 N–H and O–H groups in total. The molecule has 1 aliphatic rings. The largest absolute Gasteiger partial charge is 0.495 e. The second-order valence-corrected chi connectivity index (χ2v) is 14.1. The van der Waals surface area contributed by atoms with E-state index in [4.69, 9.17) is 32.7 Å². The minimum absolute atomic E-state index is 0.0833. The van der Waals surface area contributed by atoms with E-state index in [1.54, 1.807) is 18.3 Å². The van der Waals surface area contributed by atoms with Crippen molar-refractivity contribution in [1.82, 2.24) is 5.32 Å². The molecule has 4 unspecified atom stereocenters. The lowest BCUT2D eigenvalue weighted by Gasteiger charge is -2.40. The molecule has 0 radical (unpaired) electrons. The standard InChI is InChI=1S/C36H41Cl2F2N3O6/c1-35(2,3)15-29-36(19-41-4,24-11-10-22(37)14-26(24)39)30(23-7-6-8-25(38)31(23)40)32(43-29)33(46)42-27-12-9-21(13-28(27)48-5)34(47)49-18-20(16-44)17-45/h6-14,19-20,29-30,32,43-45H,15-18H2,1-5H3,(H,42,46). The maximum absolute atomic E-state index is 16.1. The first-order chi connectivity index (χ1) is 23.2. The number of amides is 1. The molecule has 0 saturated carbocycles. The molecule has 4 rings (SSSR count). The number of nitrogens with one attached hydrogen (secondary N) is 2. The summed E-state index contributed by atoms with van der Waals surface area (Å²) >= 11 is 12.5. The van der Waals surface area contributed by atoms with Crippen molar-refractivity contribution in [3.05, 3.63) is 93.0 Å². The molecule has 1 fully saturated rings. The Hall–Kier alpha value is -3.61. The van der Waals surface area contributed by atoms with Crippen molar-refractivity contribution in [3.63, 3.8) is 0 Å². The van der Waals surface area contributed by atoms with Gasteiger partial charge in [0.05, 0.1) is 54.7 Å². The van der Waals surface area contributed by atoms with Crippen molar-refractivity contribution in [3.8, 4) is 5.75 Å². The van der Waals surface area contributed by atoms with Crippen LogP contribution in [0.5, 0.6) is 5.75 Å². The monoisotopic (exact) mass is 719 g/mol. The van der Waals surface area contributed by atoms with Crippen LogP contribution in [-0.4, -0.2) is 74.4 Å². The SMILES string of the molecule is CN=CC1(c2ccc(Cl)cc2F)C(CC(C)(C)C)NC(C(=O)Nc2ccc(C(=O)OCC(CO)CO)cc2OC)C1c1cccc(Cl)c1F. The Kier molecular flexibility index (Phi) is 12.4. The van der Waals surface area contributed by atoms with E-state index < -0.39 is 52.8 Å². The second-order valence-electron chi connectivity index (χ2n) is 13.3. The second kappa shape index (κ2) is 15.9. The van der Waals surface area contributed by atoms with Crippen molar-refractivity contribution in [2.45, 2.75) is 50.6 Å². The lowest BCUT2D eigenvalue weighted by molar-refractivity contribution is -0.118. The number of aliphatic hydroxyl groups excluding tert-OH is 2. The van der Waals surface area contributed by atoms with Gasteiger partial charge in [-0.2, -0.15) is 0 Å². The smallest absolute Gasteiger partial charge is 0.338 e. The molecule has 4 atom stereocenters. The highest BCUT2D eigenvalue weighted by atomic mass is 35.5. The molecule has 1 saturated heterocycles. The molecule has 3 aromatic carbocycles. The van der Waals surface area contributed by atoms with Gasteiger partial charge < -0.3 is 30.3 Å². The number of carbonyl (C=O) groups excluding carboxylic acids is 2. The third-order valence-electron chi connectivity index (χ3n) is 8.62. The van der Waals surface area contributed by atoms with Crippen LogP contribution in [0.1, 0.15) is 54.6 Å². The first kappa shape index (κ1) is 38.2. The molecule has 0 aliphatic carbocycles. The van der Waals surface area contributed by atoms with E-state index in [0.29, 0.717) is 6.42 Å². The van der Waals surface area contributed by atoms with E-state index in [1.807, 2.05) is 20.8 Å². The Bertz CT molecular complexity index is 1700. The van der Waals surface area contributed by atoms with E-state index in [-0.39, 0.29) is 63.4 Å². The number of aliphatic imine (C=N–C) groups is 1. The van der Waals surface area contributed by atoms with Gasteiger partial charge in [-0.15, -0.1) is 0 Å². The fourth-order valence-corrected chi connectivity index (χ4v) is 6.77.